The van der Waals surface area contributed by atoms with E-state index in [0.717, 1.165) is 10.4 Å². The molecule has 1 heterocycles. The zero-order valence-electron chi connectivity index (χ0n) is 13.4. The van der Waals surface area contributed by atoms with E-state index in [0.29, 0.717) is 18.0 Å². The predicted molar refractivity (Wildman–Crippen MR) is 90.0 cm³/mol. The van der Waals surface area contributed by atoms with Gasteiger partial charge in [-0.05, 0) is 43.7 Å². The highest BCUT2D eigenvalue weighted by Gasteiger charge is 2.14. The van der Waals surface area contributed by atoms with Gasteiger partial charge in [0.15, 0.2) is 11.5 Å². The molecule has 22 heavy (non-hydrogen) atoms. The lowest BCUT2D eigenvalue weighted by molar-refractivity contribution is 0.174. The van der Waals surface area contributed by atoms with E-state index in [4.69, 9.17) is 9.47 Å². The summed E-state index contributed by atoms with van der Waals surface area (Å²) in [6.07, 6.45) is -0.485. The highest BCUT2D eigenvalue weighted by atomic mass is 32.1. The van der Waals surface area contributed by atoms with E-state index in [1.54, 1.807) is 25.6 Å². The SMILES string of the molecule is COc1ccc(C(C)NCC(O)c2ccc(C)s2)cc1OC. The Labute approximate surface area is 135 Å². The minimum atomic E-state index is -0.485. The summed E-state index contributed by atoms with van der Waals surface area (Å²) in [6.45, 7) is 4.61. The third-order valence-electron chi connectivity index (χ3n) is 3.61. The maximum Gasteiger partial charge on any atom is 0.161 e. The number of hydrogen-bond acceptors (Lipinski definition) is 5. The molecule has 2 rings (SSSR count). The average Bonchev–Trinajstić information content (AvgIpc) is 2.98. The zero-order chi connectivity index (χ0) is 16.1. The summed E-state index contributed by atoms with van der Waals surface area (Å²) < 4.78 is 10.6. The number of rotatable bonds is 7. The highest BCUT2D eigenvalue weighted by molar-refractivity contribution is 7.12. The van der Waals surface area contributed by atoms with Crippen molar-refractivity contribution >= 4 is 11.3 Å². The Morgan fingerprint density at radius 2 is 1.86 bits per heavy atom. The summed E-state index contributed by atoms with van der Waals surface area (Å²) in [4.78, 5) is 2.20. The number of aliphatic hydroxyl groups excluding tert-OH is 1. The Hall–Kier alpha value is -1.56. The van der Waals surface area contributed by atoms with Crippen LogP contribution in [0.25, 0.3) is 0 Å². The summed E-state index contributed by atoms with van der Waals surface area (Å²) in [7, 11) is 3.25. The molecule has 0 bridgehead atoms. The van der Waals surface area contributed by atoms with Crippen LogP contribution in [0.15, 0.2) is 30.3 Å². The zero-order valence-corrected chi connectivity index (χ0v) is 14.2. The molecular weight excluding hydrogens is 298 g/mol. The second-order valence-corrected chi connectivity index (χ2v) is 6.53. The number of ether oxygens (including phenoxy) is 2. The number of methoxy groups -OCH3 is 2. The molecule has 120 valence electrons. The summed E-state index contributed by atoms with van der Waals surface area (Å²) in [5.41, 5.74) is 1.09. The highest BCUT2D eigenvalue weighted by Crippen LogP contribution is 2.30. The molecule has 0 aliphatic carbocycles. The molecule has 1 aromatic carbocycles. The first-order chi connectivity index (χ1) is 10.5. The quantitative estimate of drug-likeness (QED) is 0.820. The maximum absolute atomic E-state index is 10.2. The van der Waals surface area contributed by atoms with Crippen molar-refractivity contribution in [3.63, 3.8) is 0 Å². The summed E-state index contributed by atoms with van der Waals surface area (Å²) >= 11 is 1.63. The smallest absolute Gasteiger partial charge is 0.161 e. The van der Waals surface area contributed by atoms with Crippen molar-refractivity contribution < 1.29 is 14.6 Å². The number of aryl methyl sites for hydroxylation is 1. The molecule has 5 heteroatoms. The van der Waals surface area contributed by atoms with Crippen LogP contribution in [0, 0.1) is 6.92 Å². The van der Waals surface area contributed by atoms with Crippen LogP contribution in [0.5, 0.6) is 11.5 Å². The van der Waals surface area contributed by atoms with Crippen LogP contribution in [0.1, 0.15) is 34.4 Å². The Morgan fingerprint density at radius 3 is 2.45 bits per heavy atom. The molecule has 0 fully saturated rings. The van der Waals surface area contributed by atoms with E-state index in [2.05, 4.69) is 12.2 Å². The van der Waals surface area contributed by atoms with Crippen LogP contribution >= 0.6 is 11.3 Å². The summed E-state index contributed by atoms with van der Waals surface area (Å²) in [6, 6.07) is 9.97. The normalized spacial score (nSPS) is 13.7. The number of hydrogen-bond donors (Lipinski definition) is 2. The third-order valence-corrected chi connectivity index (χ3v) is 4.72. The van der Waals surface area contributed by atoms with Crippen molar-refractivity contribution in [2.45, 2.75) is 26.0 Å². The van der Waals surface area contributed by atoms with Crippen LogP contribution in [0.3, 0.4) is 0 Å². The number of thiophene rings is 1. The Morgan fingerprint density at radius 1 is 1.14 bits per heavy atom. The van der Waals surface area contributed by atoms with Crippen molar-refractivity contribution in [3.8, 4) is 11.5 Å². The van der Waals surface area contributed by atoms with Gasteiger partial charge in [-0.25, -0.2) is 0 Å². The standard InChI is InChI=1S/C17H23NO3S/c1-11-5-8-17(22-11)14(19)10-18-12(2)13-6-7-15(20-3)16(9-13)21-4/h5-9,12,14,18-19H,10H2,1-4H3. The van der Waals surface area contributed by atoms with Crippen LogP contribution in [-0.4, -0.2) is 25.9 Å². The molecule has 2 unspecified atom stereocenters. The lowest BCUT2D eigenvalue weighted by atomic mass is 10.1. The molecule has 0 aliphatic rings. The van der Waals surface area contributed by atoms with Gasteiger partial charge in [0.05, 0.1) is 14.2 Å². The van der Waals surface area contributed by atoms with Gasteiger partial charge < -0.3 is 19.9 Å². The third kappa shape index (κ3) is 4.00. The molecule has 2 aromatic rings. The van der Waals surface area contributed by atoms with Gasteiger partial charge in [0.2, 0.25) is 0 Å². The van der Waals surface area contributed by atoms with Gasteiger partial charge in [0.25, 0.3) is 0 Å². The number of nitrogens with one attached hydrogen (secondary N) is 1. The second kappa shape index (κ2) is 7.63. The fourth-order valence-electron chi connectivity index (χ4n) is 2.26. The number of aliphatic hydroxyl groups is 1. The van der Waals surface area contributed by atoms with E-state index in [-0.39, 0.29) is 6.04 Å². The lowest BCUT2D eigenvalue weighted by Gasteiger charge is -2.18. The lowest BCUT2D eigenvalue weighted by Crippen LogP contribution is -2.24. The van der Waals surface area contributed by atoms with Gasteiger partial charge in [0, 0.05) is 22.3 Å². The summed E-state index contributed by atoms with van der Waals surface area (Å²) in [5, 5.41) is 13.6. The Kier molecular flexibility index (Phi) is 5.83. The molecule has 0 spiro atoms. The minimum absolute atomic E-state index is 0.107. The van der Waals surface area contributed by atoms with Gasteiger partial charge in [-0.3, -0.25) is 0 Å². The second-order valence-electron chi connectivity index (χ2n) is 5.21. The summed E-state index contributed by atoms with van der Waals surface area (Å²) in [5.74, 6) is 1.43. The molecule has 0 saturated carbocycles. The average molecular weight is 321 g/mol. The molecule has 1 aromatic heterocycles. The largest absolute Gasteiger partial charge is 0.493 e. The molecule has 0 aliphatic heterocycles. The first kappa shape index (κ1) is 16.8. The van der Waals surface area contributed by atoms with Crippen molar-refractivity contribution in [1.82, 2.24) is 5.32 Å². The first-order valence-electron chi connectivity index (χ1n) is 7.25. The number of benzene rings is 1. The van der Waals surface area contributed by atoms with E-state index >= 15 is 0 Å². The first-order valence-corrected chi connectivity index (χ1v) is 8.06. The van der Waals surface area contributed by atoms with Gasteiger partial charge in [-0.1, -0.05) is 6.07 Å². The molecule has 0 radical (unpaired) electrons. The van der Waals surface area contributed by atoms with E-state index in [1.165, 1.54) is 4.88 Å². The molecular formula is C17H23NO3S. The molecule has 2 atom stereocenters. The van der Waals surface area contributed by atoms with Crippen molar-refractivity contribution in [1.29, 1.82) is 0 Å². The van der Waals surface area contributed by atoms with Crippen molar-refractivity contribution in [3.05, 3.63) is 45.6 Å². The van der Waals surface area contributed by atoms with E-state index in [1.807, 2.05) is 37.3 Å². The topological polar surface area (TPSA) is 50.7 Å². The van der Waals surface area contributed by atoms with Crippen molar-refractivity contribution in [2.24, 2.45) is 0 Å². The van der Waals surface area contributed by atoms with Crippen LogP contribution in [0.4, 0.5) is 0 Å². The van der Waals surface area contributed by atoms with Gasteiger partial charge in [-0.15, -0.1) is 11.3 Å². The van der Waals surface area contributed by atoms with Crippen molar-refractivity contribution in [2.75, 3.05) is 20.8 Å². The van der Waals surface area contributed by atoms with Crippen LogP contribution in [0.2, 0.25) is 0 Å². The van der Waals surface area contributed by atoms with Gasteiger partial charge in [0.1, 0.15) is 6.10 Å². The van der Waals surface area contributed by atoms with Gasteiger partial charge in [-0.2, -0.15) is 0 Å². The van der Waals surface area contributed by atoms with E-state index in [9.17, 15) is 5.11 Å². The maximum atomic E-state index is 10.2. The van der Waals surface area contributed by atoms with Crippen LogP contribution in [-0.2, 0) is 0 Å². The predicted octanol–water partition coefficient (Wildman–Crippen LogP) is 3.46. The Bertz CT molecular complexity index is 612. The van der Waals surface area contributed by atoms with Crippen LogP contribution < -0.4 is 14.8 Å². The molecule has 4 nitrogen and oxygen atoms in total. The monoisotopic (exact) mass is 321 g/mol. The minimum Gasteiger partial charge on any atom is -0.493 e. The Balaban J connectivity index is 1.98. The fraction of sp³-hybridized carbons (Fsp3) is 0.412. The molecule has 2 N–H and O–H groups in total. The molecule has 0 amide bonds. The van der Waals surface area contributed by atoms with Gasteiger partial charge >= 0.3 is 0 Å². The van der Waals surface area contributed by atoms with E-state index < -0.39 is 6.10 Å². The molecule has 0 saturated heterocycles. The fourth-order valence-corrected chi connectivity index (χ4v) is 3.12.